The first kappa shape index (κ1) is 116. The second-order valence-electron chi connectivity index (χ2n) is 47.4. The number of benzene rings is 6. The minimum absolute atomic E-state index is 0.00258. The number of amides is 13. The van der Waals surface area contributed by atoms with Gasteiger partial charge in [-0.05, 0) is 346 Å². The van der Waals surface area contributed by atoms with Crippen molar-refractivity contribution in [2.45, 2.75) is 327 Å². The first-order valence-electron chi connectivity index (χ1n) is 54.3. The summed E-state index contributed by atoms with van der Waals surface area (Å²) in [5.74, 6) is 2.28. The molecule has 10 aliphatic rings. The number of alkyl carbamates (subject to hydrolysis) is 3. The maximum atomic E-state index is 13.3. The summed E-state index contributed by atoms with van der Waals surface area (Å²) in [6.45, 7) is 50.4. The van der Waals surface area contributed by atoms with E-state index >= 15 is 0 Å². The van der Waals surface area contributed by atoms with Crippen molar-refractivity contribution in [2.24, 2.45) is 29.6 Å². The van der Waals surface area contributed by atoms with E-state index in [4.69, 9.17) is 18.9 Å². The highest BCUT2D eigenvalue weighted by Crippen LogP contribution is 2.49. The van der Waals surface area contributed by atoms with Crippen LogP contribution in [0.3, 0.4) is 0 Å². The molecule has 5 unspecified atom stereocenters. The lowest BCUT2D eigenvalue weighted by Crippen LogP contribution is -2.53. The second-order valence-corrected chi connectivity index (χ2v) is 47.4. The molecule has 5 aliphatic heterocycles. The van der Waals surface area contributed by atoms with E-state index in [2.05, 4.69) is 233 Å². The van der Waals surface area contributed by atoms with Crippen LogP contribution in [-0.2, 0) is 75.1 Å². The first-order chi connectivity index (χ1) is 70.8. The van der Waals surface area contributed by atoms with Crippen molar-refractivity contribution in [3.63, 3.8) is 0 Å². The molecule has 5 heterocycles. The summed E-state index contributed by atoms with van der Waals surface area (Å²) in [5, 5.41) is 21.5. The molecule has 8 N–H and O–H groups in total. The fourth-order valence-corrected chi connectivity index (χ4v) is 22.4. The number of carbonyl (C=O) groups is 11. The van der Waals surface area contributed by atoms with Crippen molar-refractivity contribution in [3.8, 4) is 5.75 Å². The molecule has 6 aromatic rings. The normalized spacial score (nSPS) is 18.5. The molecule has 0 saturated carbocycles. The zero-order chi connectivity index (χ0) is 109. The molecule has 0 aromatic heterocycles. The molecule has 6 aromatic carbocycles. The van der Waals surface area contributed by atoms with Gasteiger partial charge in [0.15, 0.2) is 0 Å². The van der Waals surface area contributed by atoms with E-state index in [1.165, 1.54) is 111 Å². The van der Waals surface area contributed by atoms with Gasteiger partial charge in [-0.1, -0.05) is 203 Å². The Morgan fingerprint density at radius 2 is 0.573 bits per heavy atom. The zero-order valence-electron chi connectivity index (χ0n) is 93.6. The summed E-state index contributed by atoms with van der Waals surface area (Å²) >= 11 is 0. The number of carbonyl (C=O) groups excluding carboxylic acids is 11. The third-order valence-corrected chi connectivity index (χ3v) is 28.5. The van der Waals surface area contributed by atoms with Crippen LogP contribution in [0.5, 0.6) is 5.75 Å². The summed E-state index contributed by atoms with van der Waals surface area (Å²) in [5.41, 5.74) is 25.9. The summed E-state index contributed by atoms with van der Waals surface area (Å²) in [6.07, 6.45) is 11.7. The van der Waals surface area contributed by atoms with Crippen LogP contribution in [0, 0.1) is 29.6 Å². The Labute approximate surface area is 890 Å². The molecule has 0 bridgehead atoms. The molecule has 0 spiro atoms. The maximum absolute atomic E-state index is 13.3. The summed E-state index contributed by atoms with van der Waals surface area (Å²) in [4.78, 5) is 148. The van der Waals surface area contributed by atoms with Gasteiger partial charge in [0.1, 0.15) is 41.2 Å². The van der Waals surface area contributed by atoms with Crippen molar-refractivity contribution in [1.82, 2.24) is 61.7 Å². The fraction of sp³-hybridized carbons (Fsp3) is 0.533. The molecule has 5 aliphatic carbocycles. The van der Waals surface area contributed by atoms with Crippen molar-refractivity contribution in [2.75, 3.05) is 71.3 Å². The summed E-state index contributed by atoms with van der Waals surface area (Å²) in [7, 11) is 1.55. The van der Waals surface area contributed by atoms with Crippen molar-refractivity contribution in [3.05, 3.63) is 229 Å². The Hall–Kier alpha value is -13.0. The molecule has 0 saturated heterocycles. The first-order valence-corrected chi connectivity index (χ1v) is 54.3. The van der Waals surface area contributed by atoms with Gasteiger partial charge < -0.3 is 86.0 Å². The standard InChI is InChI=1S/C26H31N3O3.C25H35N3O4.2C24H34N2O3.C23H33N3O2/c1-17(2)14-23-21-15-18-8-4-5-9-19(18)20(21)12-13-29(23)25(30)16-27-26(31)28-22-10-6-7-11-24(22)32-3;1-16(2)12-21-20-13-17-8-6-7-9-18(17)19(20)10-11-28(21)23(30)15-26-22(29)14-27-24(31)32-25(3,4)5;2*1-15(2)13-21-20-14-17-9-7-8-10-18(17)19(20)11-12-26(21)22(27)16(3)25-23(28)29-24(4,5)6;1-15(2)12-20-19-13-16-8-6-7-9-17(16)18(19)10-11-26(20)21(27)14-24-22(28)25-23(3,4)5/h4-11,17,23H,12-16H2,1-3H3,(H2,27,28,31);6-9,16,21H,10-15H2,1-5H3,(H,26,29)(H,27,31);2*7-10,15-16,21H,11-14H2,1-6H3,(H,25,28);6-9,15,20H,10-14H2,1-5H3,(H2,24,25,28)/t;;2*16-,21?;/m..10./s1. The van der Waals surface area contributed by atoms with E-state index in [1.807, 2.05) is 98.9 Å². The van der Waals surface area contributed by atoms with Crippen LogP contribution < -0.4 is 47.3 Å². The van der Waals surface area contributed by atoms with Gasteiger partial charge in [-0.3, -0.25) is 28.8 Å². The molecule has 150 heavy (non-hydrogen) atoms. The van der Waals surface area contributed by atoms with Gasteiger partial charge in [-0.25, -0.2) is 24.0 Å². The van der Waals surface area contributed by atoms with Crippen LogP contribution in [0.4, 0.5) is 29.7 Å². The molecular weight excluding hydrogens is 1890 g/mol. The minimum Gasteiger partial charge on any atom is -0.495 e. The summed E-state index contributed by atoms with van der Waals surface area (Å²) < 4.78 is 21.0. The van der Waals surface area contributed by atoms with Crippen molar-refractivity contribution < 1.29 is 71.7 Å². The predicted molar refractivity (Wildman–Crippen MR) is 594 cm³/mol. The van der Waals surface area contributed by atoms with Gasteiger partial charge in [0.2, 0.25) is 35.4 Å². The molecule has 0 radical (unpaired) electrons. The third-order valence-electron chi connectivity index (χ3n) is 28.5. The number of nitrogens with zero attached hydrogens (tertiary/aromatic N) is 5. The monoisotopic (exact) mass is 2050 g/mol. The van der Waals surface area contributed by atoms with E-state index in [9.17, 15) is 52.7 Å². The van der Waals surface area contributed by atoms with Crippen LogP contribution in [0.2, 0.25) is 0 Å². The number of rotatable bonds is 24. The zero-order valence-corrected chi connectivity index (χ0v) is 93.6. The summed E-state index contributed by atoms with van der Waals surface area (Å²) in [6, 6.07) is 48.5. The average Bonchev–Trinajstić information content (AvgIpc) is 1.62. The topological polar surface area (TPSA) is 337 Å². The number of methoxy groups -OCH3 is 1. The highest BCUT2D eigenvalue weighted by molar-refractivity contribution is 5.96. The van der Waals surface area contributed by atoms with Crippen molar-refractivity contribution in [1.29, 1.82) is 0 Å². The number of ether oxygens (including phenoxy) is 4. The number of hydrogen-bond donors (Lipinski definition) is 8. The highest BCUT2D eigenvalue weighted by Gasteiger charge is 2.45. The van der Waals surface area contributed by atoms with Crippen molar-refractivity contribution >= 4 is 99.3 Å². The van der Waals surface area contributed by atoms with Gasteiger partial charge in [-0.15, -0.1) is 0 Å². The lowest BCUT2D eigenvalue weighted by molar-refractivity contribution is -0.135. The fourth-order valence-electron chi connectivity index (χ4n) is 22.4. The van der Waals surface area contributed by atoms with Gasteiger partial charge in [0.25, 0.3) is 0 Å². The third kappa shape index (κ3) is 30.9. The largest absolute Gasteiger partial charge is 0.495 e. The number of fused-ring (bicyclic) bond motifs is 10. The predicted octanol–water partition coefficient (Wildman–Crippen LogP) is 20.6. The average molecular weight is 2060 g/mol. The Bertz CT molecular complexity index is 5930. The quantitative estimate of drug-likeness (QED) is 0.0261. The van der Waals surface area contributed by atoms with Crippen LogP contribution in [0.25, 0.3) is 27.9 Å². The van der Waals surface area contributed by atoms with Crippen LogP contribution in [0.1, 0.15) is 286 Å². The molecular formula is C122H167N13O15. The highest BCUT2D eigenvalue weighted by atomic mass is 16.6. The van der Waals surface area contributed by atoms with E-state index in [-0.39, 0.29) is 97.5 Å². The molecule has 810 valence electrons. The molecule has 7 atom stereocenters. The second kappa shape index (κ2) is 50.7. The van der Waals surface area contributed by atoms with Crippen LogP contribution >= 0.6 is 0 Å². The number of hydrogen-bond acceptors (Lipinski definition) is 15. The van der Waals surface area contributed by atoms with E-state index in [1.54, 1.807) is 53.9 Å². The Morgan fingerprint density at radius 3 is 0.860 bits per heavy atom. The Kier molecular flexibility index (Phi) is 39.1. The lowest BCUT2D eigenvalue weighted by Gasteiger charge is -2.40. The van der Waals surface area contributed by atoms with Gasteiger partial charge >= 0.3 is 30.3 Å². The molecule has 0 fully saturated rings. The molecule has 28 heteroatoms. The SMILES string of the molecule is CC(C)CC1C2=C(CCN1C(=O)CNC(=O)CNC(=O)OC(C)(C)C)c1ccccc1C2.CC(C)CC1C2=C(CCN1C(=O)CNC(=O)NC(C)(C)C)c1ccccc1C2.CC(C)CC1C2=C(CCN1C(=O)[C@@H](C)NC(=O)OC(C)(C)C)c1ccccc1C2.CC(C)CC1C2=C(CCN1C(=O)[C@H](C)NC(=O)OC(C)(C)C)c1ccccc1C2.COc1ccccc1NC(=O)NCC(=O)N1CCC2=C(Cc3ccccc32)C1CC(C)C. The lowest BCUT2D eigenvalue weighted by atomic mass is 9.87. The number of anilines is 1. The number of nitrogens with one attached hydrogen (secondary N) is 8. The van der Waals surface area contributed by atoms with Gasteiger partial charge in [-0.2, -0.15) is 0 Å². The van der Waals surface area contributed by atoms with Gasteiger partial charge in [0.05, 0.1) is 62.6 Å². The minimum atomic E-state index is -0.660. The molecule has 13 amide bonds. The molecule has 16 rings (SSSR count). The Balaban J connectivity index is 0.000000166. The van der Waals surface area contributed by atoms with E-state index < -0.39 is 59.1 Å². The molecule has 28 nitrogen and oxygen atoms in total. The maximum Gasteiger partial charge on any atom is 0.408 e. The van der Waals surface area contributed by atoms with Crippen LogP contribution in [-0.4, -0.2) is 221 Å². The number of para-hydroxylation sites is 2. The van der Waals surface area contributed by atoms with Crippen LogP contribution in [0.15, 0.2) is 173 Å². The Morgan fingerprint density at radius 1 is 0.313 bits per heavy atom. The van der Waals surface area contributed by atoms with E-state index in [0.29, 0.717) is 73.8 Å². The van der Waals surface area contributed by atoms with Gasteiger partial charge in [0, 0.05) is 38.3 Å². The van der Waals surface area contributed by atoms with E-state index in [0.717, 1.165) is 96.3 Å². The number of urea groups is 2. The smallest absolute Gasteiger partial charge is 0.408 e.